The number of fused-ring (bicyclic) bond motifs is 1. The second-order valence-electron chi connectivity index (χ2n) is 5.24. The fourth-order valence-corrected chi connectivity index (χ4v) is 2.96. The van der Waals surface area contributed by atoms with Gasteiger partial charge in [-0.1, -0.05) is 0 Å². The molecular formula is C18H19N3O2S. The second-order valence-corrected chi connectivity index (χ2v) is 6.12. The van der Waals surface area contributed by atoms with E-state index in [0.717, 1.165) is 33.1 Å². The highest BCUT2D eigenvalue weighted by Gasteiger charge is 2.13. The molecule has 6 heteroatoms. The summed E-state index contributed by atoms with van der Waals surface area (Å²) in [5, 5.41) is 2.80. The molecule has 2 aromatic carbocycles. The Kier molecular flexibility index (Phi) is 4.76. The molecule has 24 heavy (non-hydrogen) atoms. The van der Waals surface area contributed by atoms with Crippen LogP contribution in [0.4, 0.5) is 0 Å². The average molecular weight is 341 g/mol. The number of amides is 1. The molecule has 1 heterocycles. The fourth-order valence-electron chi connectivity index (χ4n) is 2.53. The summed E-state index contributed by atoms with van der Waals surface area (Å²) in [6, 6.07) is 11.5. The van der Waals surface area contributed by atoms with E-state index in [1.54, 1.807) is 31.0 Å². The molecule has 3 rings (SSSR count). The van der Waals surface area contributed by atoms with E-state index in [9.17, 15) is 4.79 Å². The number of thioether (sulfide) groups is 1. The van der Waals surface area contributed by atoms with Crippen molar-refractivity contribution in [2.45, 2.75) is 11.8 Å². The molecule has 5 nitrogen and oxygen atoms in total. The molecule has 0 saturated heterocycles. The lowest BCUT2D eigenvalue weighted by molar-refractivity contribution is 0.0956. The molecule has 3 aromatic rings. The maximum absolute atomic E-state index is 12.0. The van der Waals surface area contributed by atoms with Crippen LogP contribution in [0.5, 0.6) is 5.75 Å². The highest BCUT2D eigenvalue weighted by Crippen LogP contribution is 2.32. The first-order valence-corrected chi connectivity index (χ1v) is 8.89. The Labute approximate surface area is 144 Å². The van der Waals surface area contributed by atoms with Gasteiger partial charge in [-0.25, -0.2) is 4.98 Å². The van der Waals surface area contributed by atoms with Crippen molar-refractivity contribution < 1.29 is 9.53 Å². The number of nitrogens with one attached hydrogen (secondary N) is 2. The van der Waals surface area contributed by atoms with Gasteiger partial charge in [0.25, 0.3) is 5.91 Å². The van der Waals surface area contributed by atoms with Crippen molar-refractivity contribution in [3.8, 4) is 17.1 Å². The second kappa shape index (κ2) is 6.97. The van der Waals surface area contributed by atoms with E-state index in [1.165, 1.54) is 0 Å². The van der Waals surface area contributed by atoms with Crippen molar-refractivity contribution in [2.24, 2.45) is 0 Å². The van der Waals surface area contributed by atoms with Gasteiger partial charge in [0, 0.05) is 17.0 Å². The van der Waals surface area contributed by atoms with E-state index in [-0.39, 0.29) is 5.91 Å². The Morgan fingerprint density at radius 3 is 2.83 bits per heavy atom. The van der Waals surface area contributed by atoms with E-state index < -0.39 is 0 Å². The maximum atomic E-state index is 12.0. The fraction of sp³-hybridized carbons (Fsp3) is 0.222. The zero-order valence-corrected chi connectivity index (χ0v) is 14.7. The molecule has 0 bridgehead atoms. The predicted octanol–water partition coefficient (Wildman–Crippen LogP) is 3.71. The number of carbonyl (C=O) groups is 1. The summed E-state index contributed by atoms with van der Waals surface area (Å²) in [5.41, 5.74) is 3.14. The van der Waals surface area contributed by atoms with Crippen molar-refractivity contribution in [1.29, 1.82) is 0 Å². The topological polar surface area (TPSA) is 67.0 Å². The Hall–Kier alpha value is -2.47. The van der Waals surface area contributed by atoms with Crippen molar-refractivity contribution in [3.05, 3.63) is 42.0 Å². The molecule has 0 saturated carbocycles. The van der Waals surface area contributed by atoms with Gasteiger partial charge in [0.2, 0.25) is 0 Å². The van der Waals surface area contributed by atoms with Crippen LogP contribution < -0.4 is 10.1 Å². The van der Waals surface area contributed by atoms with Gasteiger partial charge in [0.05, 0.1) is 23.7 Å². The number of hydrogen-bond donors (Lipinski definition) is 2. The largest absolute Gasteiger partial charge is 0.496 e. The third-order valence-corrected chi connectivity index (χ3v) is 4.47. The highest BCUT2D eigenvalue weighted by molar-refractivity contribution is 7.98. The van der Waals surface area contributed by atoms with Crippen LogP contribution in [0.3, 0.4) is 0 Å². The summed E-state index contributed by atoms with van der Waals surface area (Å²) < 4.78 is 5.49. The van der Waals surface area contributed by atoms with E-state index in [2.05, 4.69) is 15.3 Å². The van der Waals surface area contributed by atoms with Crippen LogP contribution in [-0.2, 0) is 0 Å². The maximum Gasteiger partial charge on any atom is 0.251 e. The monoisotopic (exact) mass is 341 g/mol. The molecule has 1 amide bonds. The van der Waals surface area contributed by atoms with E-state index in [1.807, 2.05) is 37.4 Å². The molecule has 0 atom stereocenters. The number of rotatable bonds is 5. The zero-order valence-electron chi connectivity index (χ0n) is 13.8. The average Bonchev–Trinajstić information content (AvgIpc) is 3.04. The lowest BCUT2D eigenvalue weighted by Gasteiger charge is -2.07. The SMILES string of the molecule is CCNC(=O)c1ccc2[nH]c(-c3ccc(SC)cc3OC)nc2c1. The normalized spacial score (nSPS) is 10.8. The van der Waals surface area contributed by atoms with Crippen molar-refractivity contribution >= 4 is 28.7 Å². The summed E-state index contributed by atoms with van der Waals surface area (Å²) in [6.07, 6.45) is 2.03. The summed E-state index contributed by atoms with van der Waals surface area (Å²) in [6.45, 7) is 2.50. The first-order valence-electron chi connectivity index (χ1n) is 7.66. The number of imidazole rings is 1. The van der Waals surface area contributed by atoms with E-state index >= 15 is 0 Å². The molecule has 0 unspecified atom stereocenters. The quantitative estimate of drug-likeness (QED) is 0.694. The number of carbonyl (C=O) groups excluding carboxylic acids is 1. The van der Waals surface area contributed by atoms with Crippen LogP contribution >= 0.6 is 11.8 Å². The van der Waals surface area contributed by atoms with Crippen LogP contribution in [0.25, 0.3) is 22.4 Å². The molecule has 0 aliphatic carbocycles. The van der Waals surface area contributed by atoms with Gasteiger partial charge in [-0.15, -0.1) is 11.8 Å². The van der Waals surface area contributed by atoms with E-state index in [0.29, 0.717) is 12.1 Å². The summed E-state index contributed by atoms with van der Waals surface area (Å²) in [4.78, 5) is 21.0. The predicted molar refractivity (Wildman–Crippen MR) is 97.9 cm³/mol. The summed E-state index contributed by atoms with van der Waals surface area (Å²) >= 11 is 1.66. The Morgan fingerprint density at radius 2 is 2.12 bits per heavy atom. The molecule has 124 valence electrons. The van der Waals surface area contributed by atoms with Crippen LogP contribution in [0.2, 0.25) is 0 Å². The number of methoxy groups -OCH3 is 1. The number of benzene rings is 2. The molecule has 2 N–H and O–H groups in total. The number of ether oxygens (including phenoxy) is 1. The summed E-state index contributed by atoms with van der Waals surface area (Å²) in [7, 11) is 1.65. The Bertz CT molecular complexity index is 889. The third-order valence-electron chi connectivity index (χ3n) is 3.75. The van der Waals surface area contributed by atoms with Crippen molar-refractivity contribution in [2.75, 3.05) is 19.9 Å². The first-order chi connectivity index (χ1) is 11.7. The van der Waals surface area contributed by atoms with Gasteiger partial charge >= 0.3 is 0 Å². The smallest absolute Gasteiger partial charge is 0.251 e. The minimum absolute atomic E-state index is 0.0918. The van der Waals surface area contributed by atoms with Gasteiger partial charge in [-0.3, -0.25) is 4.79 Å². The van der Waals surface area contributed by atoms with Crippen LogP contribution in [0.15, 0.2) is 41.3 Å². The Balaban J connectivity index is 2.03. The van der Waals surface area contributed by atoms with Crippen LogP contribution in [-0.4, -0.2) is 35.8 Å². The number of hydrogen-bond acceptors (Lipinski definition) is 4. The summed E-state index contributed by atoms with van der Waals surface area (Å²) in [5.74, 6) is 1.40. The number of aromatic amines is 1. The van der Waals surface area contributed by atoms with Gasteiger partial charge in [-0.05, 0) is 49.6 Å². The van der Waals surface area contributed by atoms with Gasteiger partial charge < -0.3 is 15.0 Å². The molecule has 0 aliphatic heterocycles. The van der Waals surface area contributed by atoms with Crippen LogP contribution in [0.1, 0.15) is 17.3 Å². The third kappa shape index (κ3) is 3.10. The van der Waals surface area contributed by atoms with Gasteiger partial charge in [0.15, 0.2) is 0 Å². The lowest BCUT2D eigenvalue weighted by Crippen LogP contribution is -2.22. The lowest BCUT2D eigenvalue weighted by atomic mass is 10.2. The number of H-pyrrole nitrogens is 1. The van der Waals surface area contributed by atoms with E-state index in [4.69, 9.17) is 4.74 Å². The van der Waals surface area contributed by atoms with Crippen LogP contribution in [0, 0.1) is 0 Å². The molecule has 0 radical (unpaired) electrons. The molecule has 0 fully saturated rings. The first kappa shape index (κ1) is 16.4. The van der Waals surface area contributed by atoms with Crippen molar-refractivity contribution in [1.82, 2.24) is 15.3 Å². The molecular weight excluding hydrogens is 322 g/mol. The number of aromatic nitrogens is 2. The molecule has 1 aromatic heterocycles. The number of nitrogens with zero attached hydrogens (tertiary/aromatic N) is 1. The van der Waals surface area contributed by atoms with Crippen molar-refractivity contribution in [3.63, 3.8) is 0 Å². The standard InChI is InChI=1S/C18H19N3O2S/c1-4-19-18(22)11-5-8-14-15(9-11)21-17(20-14)13-7-6-12(24-3)10-16(13)23-2/h5-10H,4H2,1-3H3,(H,19,22)(H,20,21). The van der Waals surface area contributed by atoms with Gasteiger partial charge in [0.1, 0.15) is 11.6 Å². The minimum atomic E-state index is -0.0918. The molecule has 0 aliphatic rings. The zero-order chi connectivity index (χ0) is 17.1. The minimum Gasteiger partial charge on any atom is -0.496 e. The van der Waals surface area contributed by atoms with Gasteiger partial charge in [-0.2, -0.15) is 0 Å². The highest BCUT2D eigenvalue weighted by atomic mass is 32.2. The molecule has 0 spiro atoms. The Morgan fingerprint density at radius 1 is 1.29 bits per heavy atom.